The van der Waals surface area contributed by atoms with Gasteiger partial charge in [-0.2, -0.15) is 0 Å². The van der Waals surface area contributed by atoms with Crippen LogP contribution in [0.5, 0.6) is 11.5 Å². The molecule has 5 heteroatoms. The lowest BCUT2D eigenvalue weighted by atomic mass is 10.2. The van der Waals surface area contributed by atoms with Crippen molar-refractivity contribution in [3.05, 3.63) is 54.6 Å². The molecule has 1 unspecified atom stereocenters. The first-order chi connectivity index (χ1) is 10.3. The van der Waals surface area contributed by atoms with E-state index in [1.54, 1.807) is 11.8 Å². The number of hydrogen-bond donors (Lipinski definition) is 2. The van der Waals surface area contributed by atoms with Gasteiger partial charge in [-0.15, -0.1) is 11.8 Å². The Balaban J connectivity index is 1.74. The molecule has 2 aromatic carbocycles. The molecule has 1 heterocycles. The van der Waals surface area contributed by atoms with Crippen LogP contribution in [0.4, 0.5) is 5.69 Å². The van der Waals surface area contributed by atoms with Gasteiger partial charge in [-0.25, -0.2) is 0 Å². The fourth-order valence-corrected chi connectivity index (χ4v) is 3.00. The molecule has 2 N–H and O–H groups in total. The lowest BCUT2D eigenvalue weighted by Crippen LogP contribution is -2.37. The first-order valence-electron chi connectivity index (χ1n) is 6.77. The van der Waals surface area contributed by atoms with Gasteiger partial charge in [-0.3, -0.25) is 10.1 Å². The SMILES string of the molecule is O=C(Nc1ccccc1Oc1ccccc1)C1CSCN1. The monoisotopic (exact) mass is 300 g/mol. The van der Waals surface area contributed by atoms with Crippen molar-refractivity contribution in [1.29, 1.82) is 0 Å². The van der Waals surface area contributed by atoms with Crippen molar-refractivity contribution in [1.82, 2.24) is 5.32 Å². The minimum Gasteiger partial charge on any atom is -0.455 e. The predicted octanol–water partition coefficient (Wildman–Crippen LogP) is 3.08. The minimum atomic E-state index is -0.139. The topological polar surface area (TPSA) is 50.4 Å². The minimum absolute atomic E-state index is 0.0240. The summed E-state index contributed by atoms with van der Waals surface area (Å²) in [6, 6.07) is 16.8. The van der Waals surface area contributed by atoms with Gasteiger partial charge in [-0.05, 0) is 24.3 Å². The van der Waals surface area contributed by atoms with Crippen LogP contribution in [0.1, 0.15) is 0 Å². The van der Waals surface area contributed by atoms with Crippen LogP contribution in [-0.2, 0) is 4.79 Å². The molecule has 108 valence electrons. The highest BCUT2D eigenvalue weighted by atomic mass is 32.2. The molecule has 1 aliphatic rings. The van der Waals surface area contributed by atoms with Crippen LogP contribution in [-0.4, -0.2) is 23.6 Å². The van der Waals surface area contributed by atoms with Crippen molar-refractivity contribution in [2.24, 2.45) is 0 Å². The molecule has 1 aliphatic heterocycles. The molecule has 0 radical (unpaired) electrons. The molecular weight excluding hydrogens is 284 g/mol. The highest BCUT2D eigenvalue weighted by molar-refractivity contribution is 7.99. The number of anilines is 1. The molecule has 21 heavy (non-hydrogen) atoms. The van der Waals surface area contributed by atoms with E-state index in [0.717, 1.165) is 17.4 Å². The molecule has 4 nitrogen and oxygen atoms in total. The lowest BCUT2D eigenvalue weighted by Gasteiger charge is -2.14. The van der Waals surface area contributed by atoms with Crippen molar-refractivity contribution >= 4 is 23.4 Å². The van der Waals surface area contributed by atoms with Crippen LogP contribution in [0.2, 0.25) is 0 Å². The molecule has 1 saturated heterocycles. The zero-order valence-electron chi connectivity index (χ0n) is 11.4. The maximum absolute atomic E-state index is 12.2. The van der Waals surface area contributed by atoms with E-state index in [4.69, 9.17) is 4.74 Å². The first-order valence-corrected chi connectivity index (χ1v) is 7.92. The number of thioether (sulfide) groups is 1. The summed E-state index contributed by atoms with van der Waals surface area (Å²) < 4.78 is 5.83. The van der Waals surface area contributed by atoms with Gasteiger partial charge < -0.3 is 10.1 Å². The third kappa shape index (κ3) is 3.56. The molecule has 2 aromatic rings. The number of para-hydroxylation sites is 3. The van der Waals surface area contributed by atoms with Gasteiger partial charge in [0.2, 0.25) is 5.91 Å². The predicted molar refractivity (Wildman–Crippen MR) is 85.8 cm³/mol. The third-order valence-corrected chi connectivity index (χ3v) is 4.09. The van der Waals surface area contributed by atoms with Crippen LogP contribution < -0.4 is 15.4 Å². The van der Waals surface area contributed by atoms with Crippen LogP contribution in [0.25, 0.3) is 0 Å². The molecule has 0 saturated carbocycles. The smallest absolute Gasteiger partial charge is 0.242 e. The van der Waals surface area contributed by atoms with Crippen molar-refractivity contribution in [3.63, 3.8) is 0 Å². The number of amides is 1. The summed E-state index contributed by atoms with van der Waals surface area (Å²) in [6.45, 7) is 0. The maximum atomic E-state index is 12.2. The Morgan fingerprint density at radius 3 is 2.67 bits per heavy atom. The zero-order valence-corrected chi connectivity index (χ0v) is 12.2. The molecule has 1 fully saturated rings. The summed E-state index contributed by atoms with van der Waals surface area (Å²) in [6.07, 6.45) is 0. The van der Waals surface area contributed by atoms with E-state index in [-0.39, 0.29) is 11.9 Å². The van der Waals surface area contributed by atoms with Gasteiger partial charge in [0, 0.05) is 11.6 Å². The second-order valence-corrected chi connectivity index (χ2v) is 5.70. The second kappa shape index (κ2) is 6.65. The molecule has 0 bridgehead atoms. The average molecular weight is 300 g/mol. The molecule has 1 amide bonds. The summed E-state index contributed by atoms with van der Waals surface area (Å²) in [7, 11) is 0. The molecule has 3 rings (SSSR count). The standard InChI is InChI=1S/C16H16N2O2S/c19-16(14-10-21-11-17-14)18-13-8-4-5-9-15(13)20-12-6-2-1-3-7-12/h1-9,14,17H,10-11H2,(H,18,19). The van der Waals surface area contributed by atoms with Gasteiger partial charge >= 0.3 is 0 Å². The van der Waals surface area contributed by atoms with Crippen LogP contribution in [0.15, 0.2) is 54.6 Å². The Kier molecular flexibility index (Phi) is 4.43. The summed E-state index contributed by atoms with van der Waals surface area (Å²) in [5, 5.41) is 6.09. The van der Waals surface area contributed by atoms with Crippen molar-refractivity contribution < 1.29 is 9.53 Å². The van der Waals surface area contributed by atoms with Gasteiger partial charge in [0.05, 0.1) is 11.7 Å². The molecule has 0 spiro atoms. The van der Waals surface area contributed by atoms with E-state index in [9.17, 15) is 4.79 Å². The van der Waals surface area contributed by atoms with Gasteiger partial charge in [0.25, 0.3) is 0 Å². The fourth-order valence-electron chi connectivity index (χ4n) is 2.06. The van der Waals surface area contributed by atoms with Gasteiger partial charge in [0.1, 0.15) is 5.75 Å². The Morgan fingerprint density at radius 2 is 1.90 bits per heavy atom. The number of benzene rings is 2. The van der Waals surface area contributed by atoms with E-state index in [1.807, 2.05) is 54.6 Å². The normalized spacial score (nSPS) is 17.4. The van der Waals surface area contributed by atoms with Crippen molar-refractivity contribution in [3.8, 4) is 11.5 Å². The number of rotatable bonds is 4. The lowest BCUT2D eigenvalue weighted by molar-refractivity contribution is -0.117. The van der Waals surface area contributed by atoms with Crippen LogP contribution in [0, 0.1) is 0 Å². The maximum Gasteiger partial charge on any atom is 0.242 e. The number of carbonyl (C=O) groups excluding carboxylic acids is 1. The van der Waals surface area contributed by atoms with E-state index in [1.165, 1.54) is 0 Å². The summed E-state index contributed by atoms with van der Waals surface area (Å²) >= 11 is 1.72. The third-order valence-electron chi connectivity index (χ3n) is 3.15. The average Bonchev–Trinajstić information content (AvgIpc) is 3.05. The molecule has 0 aliphatic carbocycles. The van der Waals surface area contributed by atoms with E-state index in [2.05, 4.69) is 10.6 Å². The summed E-state index contributed by atoms with van der Waals surface area (Å²) in [5.74, 6) is 2.98. The summed E-state index contributed by atoms with van der Waals surface area (Å²) in [4.78, 5) is 12.2. The van der Waals surface area contributed by atoms with E-state index < -0.39 is 0 Å². The molecular formula is C16H16N2O2S. The number of hydrogen-bond acceptors (Lipinski definition) is 4. The summed E-state index contributed by atoms with van der Waals surface area (Å²) in [5.41, 5.74) is 0.685. The van der Waals surface area contributed by atoms with Crippen molar-refractivity contribution in [2.45, 2.75) is 6.04 Å². The Bertz CT molecular complexity index is 613. The fraction of sp³-hybridized carbons (Fsp3) is 0.188. The van der Waals surface area contributed by atoms with Crippen LogP contribution in [0.3, 0.4) is 0 Å². The highest BCUT2D eigenvalue weighted by Crippen LogP contribution is 2.29. The molecule has 1 atom stereocenters. The first kappa shape index (κ1) is 14.0. The van der Waals surface area contributed by atoms with Crippen molar-refractivity contribution in [2.75, 3.05) is 16.9 Å². The number of carbonyl (C=O) groups is 1. The largest absolute Gasteiger partial charge is 0.455 e. The Labute approximate surface area is 127 Å². The van der Waals surface area contributed by atoms with E-state index in [0.29, 0.717) is 11.4 Å². The Hall–Kier alpha value is -1.98. The molecule has 0 aromatic heterocycles. The Morgan fingerprint density at radius 1 is 1.14 bits per heavy atom. The van der Waals surface area contributed by atoms with E-state index >= 15 is 0 Å². The number of nitrogens with one attached hydrogen (secondary N) is 2. The van der Waals surface area contributed by atoms with Gasteiger partial charge in [0.15, 0.2) is 5.75 Å². The highest BCUT2D eigenvalue weighted by Gasteiger charge is 2.23. The number of ether oxygens (including phenoxy) is 1. The zero-order chi connectivity index (χ0) is 14.5. The second-order valence-electron chi connectivity index (χ2n) is 4.67. The van der Waals surface area contributed by atoms with Crippen LogP contribution >= 0.6 is 11.8 Å². The quantitative estimate of drug-likeness (QED) is 0.911. The van der Waals surface area contributed by atoms with Gasteiger partial charge in [-0.1, -0.05) is 30.3 Å².